The van der Waals surface area contributed by atoms with Crippen molar-refractivity contribution < 1.29 is 4.74 Å². The van der Waals surface area contributed by atoms with Crippen molar-refractivity contribution in [1.82, 2.24) is 9.47 Å². The highest BCUT2D eigenvalue weighted by molar-refractivity contribution is 6.35. The fourth-order valence-corrected chi connectivity index (χ4v) is 4.43. The van der Waals surface area contributed by atoms with E-state index in [-0.39, 0.29) is 0 Å². The number of halogens is 1. The van der Waals surface area contributed by atoms with Gasteiger partial charge in [0.05, 0.1) is 17.1 Å². The highest BCUT2D eigenvalue weighted by atomic mass is 35.5. The zero-order valence-electron chi connectivity index (χ0n) is 15.6. The Hall–Kier alpha value is -1.97. The van der Waals surface area contributed by atoms with Crippen LogP contribution in [0.1, 0.15) is 31.1 Å². The second-order valence-corrected chi connectivity index (χ2v) is 7.61. The molecule has 0 saturated carbocycles. The monoisotopic (exact) mass is 368 g/mol. The zero-order chi connectivity index (χ0) is 18.3. The highest BCUT2D eigenvalue weighted by Gasteiger charge is 2.32. The first kappa shape index (κ1) is 17.4. The summed E-state index contributed by atoms with van der Waals surface area (Å²) in [6, 6.07) is 17.1. The molecule has 2 aromatic carbocycles. The topological polar surface area (TPSA) is 17.4 Å². The normalized spacial score (nSPS) is 20.3. The fraction of sp³-hybridized carbons (Fsp3) is 0.364. The number of benzene rings is 2. The summed E-state index contributed by atoms with van der Waals surface area (Å²) in [5, 5.41) is 2.09. The molecule has 0 saturated heterocycles. The van der Waals surface area contributed by atoms with Crippen molar-refractivity contribution in [3.8, 4) is 5.75 Å². The quantitative estimate of drug-likeness (QED) is 0.620. The smallest absolute Gasteiger partial charge is 0.119 e. The molecule has 0 radical (unpaired) electrons. The van der Waals surface area contributed by atoms with Crippen LogP contribution < -0.4 is 4.74 Å². The first-order valence-corrected chi connectivity index (χ1v) is 9.65. The number of para-hydroxylation sites is 2. The van der Waals surface area contributed by atoms with Gasteiger partial charge in [-0.2, -0.15) is 0 Å². The van der Waals surface area contributed by atoms with Gasteiger partial charge >= 0.3 is 0 Å². The summed E-state index contributed by atoms with van der Waals surface area (Å²) in [4.78, 5) is 2.45. The van der Waals surface area contributed by atoms with Crippen molar-refractivity contribution >= 4 is 22.5 Å². The largest absolute Gasteiger partial charge is 0.492 e. The number of hydrogen-bond donors (Lipinski definition) is 0. The van der Waals surface area contributed by atoms with E-state index in [1.165, 1.54) is 16.6 Å². The van der Waals surface area contributed by atoms with Crippen LogP contribution in [0, 0.1) is 0 Å². The van der Waals surface area contributed by atoms with Crippen molar-refractivity contribution in [2.24, 2.45) is 0 Å². The van der Waals surface area contributed by atoms with Crippen molar-refractivity contribution in [3.63, 3.8) is 0 Å². The molecule has 2 heterocycles. The lowest BCUT2D eigenvalue weighted by molar-refractivity contribution is 0.176. The molecule has 3 nitrogen and oxygen atoms in total. The van der Waals surface area contributed by atoms with Crippen LogP contribution in [-0.4, -0.2) is 29.2 Å². The molecule has 3 aromatic rings. The molecule has 0 fully saturated rings. The Balaban J connectivity index is 1.73. The van der Waals surface area contributed by atoms with E-state index in [2.05, 4.69) is 42.5 Å². The van der Waals surface area contributed by atoms with Gasteiger partial charge < -0.3 is 9.30 Å². The van der Waals surface area contributed by atoms with E-state index < -0.39 is 0 Å². The Bertz CT molecular complexity index is 919. The lowest BCUT2D eigenvalue weighted by Gasteiger charge is -2.36. The van der Waals surface area contributed by atoms with Crippen LogP contribution in [-0.2, 0) is 13.0 Å². The molecule has 0 bridgehead atoms. The minimum atomic E-state index is 0.381. The minimum Gasteiger partial charge on any atom is -0.492 e. The number of rotatable bonds is 4. The van der Waals surface area contributed by atoms with E-state index in [9.17, 15) is 0 Å². The van der Waals surface area contributed by atoms with Gasteiger partial charge in [-0.15, -0.1) is 0 Å². The zero-order valence-corrected chi connectivity index (χ0v) is 16.3. The molecule has 0 amide bonds. The van der Waals surface area contributed by atoms with E-state index in [1.807, 2.05) is 36.4 Å². The van der Waals surface area contributed by atoms with Gasteiger partial charge in [0.15, 0.2) is 0 Å². The average Bonchev–Trinajstić information content (AvgIpc) is 2.95. The molecule has 4 heteroatoms. The first-order valence-electron chi connectivity index (χ1n) is 9.27. The maximum Gasteiger partial charge on any atom is 0.119 e. The second-order valence-electron chi connectivity index (χ2n) is 7.20. The standard InChI is InChI=1S/C22H25ClN2O/c1-15-14-20-21(16(2)24(15)3)18-10-7-11-19(23)22(18)25(20)12-13-26-17-8-5-4-6-9-17/h4-11,15-16H,12-14H2,1-3H3. The number of ether oxygens (including phenoxy) is 1. The van der Waals surface area contributed by atoms with Gasteiger partial charge in [-0.1, -0.05) is 41.9 Å². The number of likely N-dealkylation sites (N-methyl/N-ethyl adjacent to an activating group) is 1. The summed E-state index contributed by atoms with van der Waals surface area (Å²) in [6.45, 7) is 6.01. The third-order valence-corrected chi connectivity index (χ3v) is 6.03. The predicted molar refractivity (Wildman–Crippen MR) is 108 cm³/mol. The maximum absolute atomic E-state index is 6.62. The van der Waals surface area contributed by atoms with Gasteiger partial charge in [-0.05, 0) is 44.7 Å². The Labute approximate surface area is 160 Å². The second kappa shape index (κ2) is 6.98. The van der Waals surface area contributed by atoms with Crippen LogP contribution in [0.3, 0.4) is 0 Å². The molecule has 26 heavy (non-hydrogen) atoms. The molecule has 1 aromatic heterocycles. The molecular formula is C22H25ClN2O. The van der Waals surface area contributed by atoms with E-state index in [4.69, 9.17) is 16.3 Å². The first-order chi connectivity index (χ1) is 12.6. The molecule has 2 atom stereocenters. The summed E-state index contributed by atoms with van der Waals surface area (Å²) in [6.07, 6.45) is 1.03. The molecule has 136 valence electrons. The van der Waals surface area contributed by atoms with Gasteiger partial charge in [0.1, 0.15) is 12.4 Å². The van der Waals surface area contributed by atoms with E-state index in [0.717, 1.165) is 29.3 Å². The fourth-order valence-electron chi connectivity index (χ4n) is 4.16. The van der Waals surface area contributed by atoms with Crippen LogP contribution in [0.5, 0.6) is 5.75 Å². The Morgan fingerprint density at radius 1 is 1.08 bits per heavy atom. The van der Waals surface area contributed by atoms with Gasteiger partial charge in [0.2, 0.25) is 0 Å². The van der Waals surface area contributed by atoms with Gasteiger partial charge in [0, 0.05) is 29.6 Å². The van der Waals surface area contributed by atoms with Gasteiger partial charge in [-0.3, -0.25) is 4.90 Å². The van der Waals surface area contributed by atoms with E-state index in [0.29, 0.717) is 18.7 Å². The van der Waals surface area contributed by atoms with Gasteiger partial charge in [-0.25, -0.2) is 0 Å². The third-order valence-electron chi connectivity index (χ3n) is 5.72. The Morgan fingerprint density at radius 3 is 2.62 bits per heavy atom. The van der Waals surface area contributed by atoms with Crippen LogP contribution in [0.4, 0.5) is 0 Å². The van der Waals surface area contributed by atoms with Crippen LogP contribution >= 0.6 is 11.6 Å². The summed E-state index contributed by atoms with van der Waals surface area (Å²) < 4.78 is 8.34. The molecular weight excluding hydrogens is 344 g/mol. The molecule has 1 aliphatic heterocycles. The third kappa shape index (κ3) is 2.89. The Morgan fingerprint density at radius 2 is 1.85 bits per heavy atom. The van der Waals surface area contributed by atoms with E-state index in [1.54, 1.807) is 0 Å². The number of nitrogens with zero attached hydrogens (tertiary/aromatic N) is 2. The minimum absolute atomic E-state index is 0.381. The van der Waals surface area contributed by atoms with Gasteiger partial charge in [0.25, 0.3) is 0 Å². The van der Waals surface area contributed by atoms with Crippen LogP contribution in [0.25, 0.3) is 10.9 Å². The molecule has 4 rings (SSSR count). The van der Waals surface area contributed by atoms with Crippen molar-refractivity contribution in [2.45, 2.75) is 38.9 Å². The molecule has 2 unspecified atom stereocenters. The highest BCUT2D eigenvalue weighted by Crippen LogP contribution is 2.41. The summed E-state index contributed by atoms with van der Waals surface area (Å²) in [5.74, 6) is 0.908. The number of fused-ring (bicyclic) bond motifs is 3. The summed E-state index contributed by atoms with van der Waals surface area (Å²) >= 11 is 6.62. The molecule has 1 aliphatic rings. The average molecular weight is 369 g/mol. The Kier molecular flexibility index (Phi) is 4.68. The molecule has 0 N–H and O–H groups in total. The summed E-state index contributed by atoms with van der Waals surface area (Å²) in [7, 11) is 2.21. The molecule has 0 aliphatic carbocycles. The lowest BCUT2D eigenvalue weighted by atomic mass is 9.93. The molecule has 0 spiro atoms. The van der Waals surface area contributed by atoms with Crippen LogP contribution in [0.15, 0.2) is 48.5 Å². The van der Waals surface area contributed by atoms with E-state index >= 15 is 0 Å². The number of hydrogen-bond acceptors (Lipinski definition) is 2. The summed E-state index contributed by atoms with van der Waals surface area (Å²) in [5.41, 5.74) is 3.97. The van der Waals surface area contributed by atoms with Crippen molar-refractivity contribution in [2.75, 3.05) is 13.7 Å². The number of aromatic nitrogens is 1. The van der Waals surface area contributed by atoms with Crippen molar-refractivity contribution in [3.05, 3.63) is 64.8 Å². The predicted octanol–water partition coefficient (Wildman–Crippen LogP) is 5.31. The van der Waals surface area contributed by atoms with Crippen molar-refractivity contribution in [1.29, 1.82) is 0 Å². The van der Waals surface area contributed by atoms with Crippen LogP contribution in [0.2, 0.25) is 5.02 Å². The maximum atomic E-state index is 6.62. The SMILES string of the molecule is CC1Cc2c(c3cccc(Cl)c3n2CCOc2ccccc2)C(C)N1C. The lowest BCUT2D eigenvalue weighted by Crippen LogP contribution is -2.38.